The zero-order valence-electron chi connectivity index (χ0n) is 19.7. The van der Waals surface area contributed by atoms with Gasteiger partial charge in [-0.3, -0.25) is 0 Å². The van der Waals surface area contributed by atoms with Crippen molar-refractivity contribution in [2.45, 2.75) is 78.6 Å². The molecule has 0 radical (unpaired) electrons. The van der Waals surface area contributed by atoms with Gasteiger partial charge < -0.3 is 14.7 Å². The van der Waals surface area contributed by atoms with E-state index in [1.54, 1.807) is 0 Å². The molecule has 0 bridgehead atoms. The van der Waals surface area contributed by atoms with E-state index in [2.05, 4.69) is 57.2 Å². The summed E-state index contributed by atoms with van der Waals surface area (Å²) in [6.45, 7) is 6.68. The molecule has 0 aromatic heterocycles. The first-order chi connectivity index (χ1) is 15.6. The Labute approximate surface area is 191 Å². The van der Waals surface area contributed by atoms with Crippen LogP contribution in [-0.4, -0.2) is 17.4 Å². The number of aryl methyl sites for hydroxylation is 2. The van der Waals surface area contributed by atoms with Crippen LogP contribution in [0, 0.1) is 0 Å². The van der Waals surface area contributed by atoms with Gasteiger partial charge in [-0.2, -0.15) is 0 Å². The molecule has 3 nitrogen and oxygen atoms in total. The van der Waals surface area contributed by atoms with Gasteiger partial charge in [-0.05, 0) is 76.8 Å². The van der Waals surface area contributed by atoms with E-state index in [9.17, 15) is 10.0 Å². The maximum absolute atomic E-state index is 9.82. The Hall–Kier alpha value is -2.30. The van der Waals surface area contributed by atoms with Crippen molar-refractivity contribution in [3.05, 3.63) is 53.1 Å². The lowest BCUT2D eigenvalue weighted by molar-refractivity contribution is 0.288. The molecule has 2 N–H and O–H groups in total. The van der Waals surface area contributed by atoms with Gasteiger partial charge in [0.05, 0.1) is 0 Å². The van der Waals surface area contributed by atoms with Gasteiger partial charge in [0.15, 0.2) is 0 Å². The van der Waals surface area contributed by atoms with E-state index in [-0.39, 0.29) is 0 Å². The van der Waals surface area contributed by atoms with Crippen LogP contribution < -0.4 is 4.65 Å². The standard InChI is InChI=1S/C28H35BO3/c1-4-7-11-21-18-20-13-10-12-19-16-17-24-27(25(19)20)26(21)22(14-8-5-2)23(15-9-6-3)28(24)32-29(30)31/h10,12-13,16-18,30-31H,4-9,11,14-15H2,1-3H3. The molecule has 32 heavy (non-hydrogen) atoms. The number of hydrogen-bond acceptors (Lipinski definition) is 3. The first-order valence-corrected chi connectivity index (χ1v) is 12.4. The van der Waals surface area contributed by atoms with E-state index >= 15 is 0 Å². The maximum atomic E-state index is 9.82. The number of benzene rings is 4. The van der Waals surface area contributed by atoms with Gasteiger partial charge in [0.25, 0.3) is 0 Å². The lowest BCUT2D eigenvalue weighted by atomic mass is 9.82. The Balaban J connectivity index is 2.18. The molecule has 0 aliphatic carbocycles. The van der Waals surface area contributed by atoms with Crippen LogP contribution in [0.25, 0.3) is 32.3 Å². The van der Waals surface area contributed by atoms with Crippen LogP contribution in [0.4, 0.5) is 0 Å². The van der Waals surface area contributed by atoms with Crippen molar-refractivity contribution >= 4 is 39.6 Å². The lowest BCUT2D eigenvalue weighted by Gasteiger charge is -2.25. The first-order valence-electron chi connectivity index (χ1n) is 12.4. The molecule has 0 aliphatic heterocycles. The van der Waals surface area contributed by atoms with E-state index < -0.39 is 7.32 Å². The summed E-state index contributed by atoms with van der Waals surface area (Å²) in [4.78, 5) is 0. The minimum Gasteiger partial charge on any atom is -0.511 e. The highest BCUT2D eigenvalue weighted by Gasteiger charge is 2.25. The number of hydrogen-bond donors (Lipinski definition) is 2. The summed E-state index contributed by atoms with van der Waals surface area (Å²) >= 11 is 0. The van der Waals surface area contributed by atoms with Crippen molar-refractivity contribution in [3.8, 4) is 5.75 Å². The molecule has 0 saturated heterocycles. The summed E-state index contributed by atoms with van der Waals surface area (Å²) in [5.41, 5.74) is 3.94. The van der Waals surface area contributed by atoms with Crippen LogP contribution >= 0.6 is 0 Å². The van der Waals surface area contributed by atoms with Gasteiger partial charge in [-0.1, -0.05) is 76.4 Å². The summed E-state index contributed by atoms with van der Waals surface area (Å²) in [7, 11) is -1.83. The van der Waals surface area contributed by atoms with Crippen LogP contribution in [0.5, 0.6) is 5.75 Å². The third-order valence-corrected chi connectivity index (χ3v) is 6.75. The van der Waals surface area contributed by atoms with E-state index in [1.807, 2.05) is 0 Å². The topological polar surface area (TPSA) is 49.7 Å². The van der Waals surface area contributed by atoms with Gasteiger partial charge in [0.1, 0.15) is 5.75 Å². The molecule has 0 amide bonds. The summed E-state index contributed by atoms with van der Waals surface area (Å²) in [5.74, 6) is 0.659. The van der Waals surface area contributed by atoms with Crippen molar-refractivity contribution in [1.29, 1.82) is 0 Å². The zero-order chi connectivity index (χ0) is 22.7. The van der Waals surface area contributed by atoms with Gasteiger partial charge in [-0.15, -0.1) is 0 Å². The summed E-state index contributed by atoms with van der Waals surface area (Å²) in [5, 5.41) is 27.0. The Kier molecular flexibility index (Phi) is 7.22. The molecular formula is C28H35BO3. The molecule has 0 atom stereocenters. The van der Waals surface area contributed by atoms with Gasteiger partial charge >= 0.3 is 7.32 Å². The molecule has 4 aromatic carbocycles. The monoisotopic (exact) mass is 430 g/mol. The molecular weight excluding hydrogens is 395 g/mol. The zero-order valence-corrected chi connectivity index (χ0v) is 19.7. The van der Waals surface area contributed by atoms with Crippen LogP contribution in [0.2, 0.25) is 0 Å². The third kappa shape index (κ3) is 4.19. The predicted octanol–water partition coefficient (Wildman–Crippen LogP) is 6.96. The average molecular weight is 430 g/mol. The molecule has 0 aliphatic rings. The van der Waals surface area contributed by atoms with E-state index in [1.165, 1.54) is 38.1 Å². The van der Waals surface area contributed by atoms with Crippen molar-refractivity contribution in [1.82, 2.24) is 0 Å². The highest BCUT2D eigenvalue weighted by Crippen LogP contribution is 2.46. The van der Waals surface area contributed by atoms with Crippen molar-refractivity contribution in [2.75, 3.05) is 0 Å². The first kappa shape index (κ1) is 22.9. The van der Waals surface area contributed by atoms with Crippen molar-refractivity contribution < 1.29 is 14.7 Å². The van der Waals surface area contributed by atoms with E-state index in [0.29, 0.717) is 5.75 Å². The highest BCUT2D eigenvalue weighted by atomic mass is 16.6. The quantitative estimate of drug-likeness (QED) is 0.200. The van der Waals surface area contributed by atoms with Gasteiger partial charge in [-0.25, -0.2) is 0 Å². The van der Waals surface area contributed by atoms with Gasteiger partial charge in [0, 0.05) is 10.8 Å². The predicted molar refractivity (Wildman–Crippen MR) is 137 cm³/mol. The molecule has 4 rings (SSSR count). The second-order valence-electron chi connectivity index (χ2n) is 9.02. The third-order valence-electron chi connectivity index (χ3n) is 6.75. The molecule has 0 heterocycles. The molecule has 0 unspecified atom stereocenters. The summed E-state index contributed by atoms with van der Waals surface area (Å²) in [6, 6.07) is 13.2. The lowest BCUT2D eigenvalue weighted by Crippen LogP contribution is -2.22. The molecule has 4 heteroatoms. The minimum absolute atomic E-state index is 0.659. The van der Waals surface area contributed by atoms with Crippen LogP contribution in [0.1, 0.15) is 76.0 Å². The Bertz CT molecular complexity index is 1200. The summed E-state index contributed by atoms with van der Waals surface area (Å²) in [6.07, 6.45) is 9.63. The largest absolute Gasteiger partial charge is 0.707 e. The van der Waals surface area contributed by atoms with Gasteiger partial charge in [0.2, 0.25) is 0 Å². The fourth-order valence-electron chi connectivity index (χ4n) is 5.24. The number of rotatable bonds is 11. The maximum Gasteiger partial charge on any atom is 0.707 e. The van der Waals surface area contributed by atoms with Crippen LogP contribution in [0.15, 0.2) is 36.4 Å². The molecule has 0 saturated carbocycles. The van der Waals surface area contributed by atoms with Crippen molar-refractivity contribution in [2.24, 2.45) is 0 Å². The minimum atomic E-state index is -1.83. The molecule has 4 aromatic rings. The fourth-order valence-corrected chi connectivity index (χ4v) is 5.24. The average Bonchev–Trinajstić information content (AvgIpc) is 2.79. The Morgan fingerprint density at radius 3 is 2.06 bits per heavy atom. The molecule has 0 spiro atoms. The molecule has 0 fully saturated rings. The Morgan fingerprint density at radius 2 is 1.38 bits per heavy atom. The Morgan fingerprint density at radius 1 is 0.719 bits per heavy atom. The summed E-state index contributed by atoms with van der Waals surface area (Å²) < 4.78 is 5.75. The van der Waals surface area contributed by atoms with Crippen molar-refractivity contribution in [3.63, 3.8) is 0 Å². The van der Waals surface area contributed by atoms with E-state index in [4.69, 9.17) is 4.65 Å². The normalized spacial score (nSPS) is 11.8. The second-order valence-corrected chi connectivity index (χ2v) is 9.02. The molecule has 168 valence electrons. The second kappa shape index (κ2) is 10.1. The SMILES string of the molecule is CCCCc1c(OB(O)O)c2ccc3cccc4cc(CCCC)c(c1CCCC)c2c34. The van der Waals surface area contributed by atoms with E-state index in [0.717, 1.165) is 68.7 Å². The fraction of sp³-hybridized carbons (Fsp3) is 0.429. The number of unbranched alkanes of at least 4 members (excludes halogenated alkanes) is 3. The smallest absolute Gasteiger partial charge is 0.511 e. The van der Waals surface area contributed by atoms with Crippen LogP contribution in [0.3, 0.4) is 0 Å². The highest BCUT2D eigenvalue weighted by molar-refractivity contribution is 6.35. The van der Waals surface area contributed by atoms with Crippen LogP contribution in [-0.2, 0) is 19.3 Å².